The molecular formula is C22H22FN. The van der Waals surface area contributed by atoms with E-state index in [1.54, 1.807) is 6.07 Å². The monoisotopic (exact) mass is 319 g/mol. The van der Waals surface area contributed by atoms with E-state index in [2.05, 4.69) is 34.9 Å². The lowest BCUT2D eigenvalue weighted by Gasteiger charge is -2.32. The molecule has 2 aliphatic rings. The molecular weight excluding hydrogens is 297 g/mol. The number of hydrogen-bond donors (Lipinski definition) is 0. The van der Waals surface area contributed by atoms with E-state index in [-0.39, 0.29) is 5.82 Å². The van der Waals surface area contributed by atoms with Crippen LogP contribution in [0.3, 0.4) is 0 Å². The minimum absolute atomic E-state index is 0.236. The summed E-state index contributed by atoms with van der Waals surface area (Å²) < 4.78 is 13.2. The number of rotatable bonds is 1. The topological polar surface area (TPSA) is 3.24 Å². The van der Waals surface area contributed by atoms with Gasteiger partial charge in [0.2, 0.25) is 0 Å². The molecule has 0 spiro atoms. The molecule has 0 amide bonds. The number of halogens is 1. The average Bonchev–Trinajstić information content (AvgIpc) is 3.04. The first kappa shape index (κ1) is 15.4. The Kier molecular flexibility index (Phi) is 4.36. The minimum atomic E-state index is -0.236. The molecule has 0 aromatic heterocycles. The van der Waals surface area contributed by atoms with E-state index in [4.69, 9.17) is 0 Å². The molecule has 1 aliphatic heterocycles. The maximum absolute atomic E-state index is 13.2. The van der Waals surface area contributed by atoms with Gasteiger partial charge in [-0.1, -0.05) is 30.4 Å². The van der Waals surface area contributed by atoms with Crippen LogP contribution in [-0.4, -0.2) is 18.0 Å². The lowest BCUT2D eigenvalue weighted by atomic mass is 10.0. The molecule has 1 saturated heterocycles. The Labute approximate surface area is 143 Å². The summed E-state index contributed by atoms with van der Waals surface area (Å²) in [6.45, 7) is 2.48. The first-order valence-electron chi connectivity index (χ1n) is 8.94. The van der Waals surface area contributed by atoms with Crippen LogP contribution in [0.5, 0.6) is 0 Å². The van der Waals surface area contributed by atoms with Crippen molar-refractivity contribution in [2.45, 2.75) is 38.1 Å². The van der Waals surface area contributed by atoms with Gasteiger partial charge in [-0.2, -0.15) is 0 Å². The molecule has 1 unspecified atom stereocenters. The SMILES string of the molecule is Fc1cccc(C#Cc2ccc3c(c2)CCC3N2CCCCC2)c1. The van der Waals surface area contributed by atoms with Gasteiger partial charge in [-0.3, -0.25) is 4.90 Å². The molecule has 2 aromatic carbocycles. The molecule has 1 aliphatic carbocycles. The van der Waals surface area contributed by atoms with E-state index in [1.165, 1.54) is 62.0 Å². The summed E-state index contributed by atoms with van der Waals surface area (Å²) in [5.41, 5.74) is 4.68. The second-order valence-electron chi connectivity index (χ2n) is 6.83. The molecule has 2 heteroatoms. The van der Waals surface area contributed by atoms with Crippen LogP contribution in [0.1, 0.15) is 54.0 Å². The zero-order valence-corrected chi connectivity index (χ0v) is 13.9. The van der Waals surface area contributed by atoms with Crippen molar-refractivity contribution in [3.05, 3.63) is 70.5 Å². The van der Waals surface area contributed by atoms with Crippen LogP contribution in [0.25, 0.3) is 0 Å². The quantitative estimate of drug-likeness (QED) is 0.689. The highest BCUT2D eigenvalue weighted by Crippen LogP contribution is 2.37. The Balaban J connectivity index is 1.54. The fourth-order valence-electron chi connectivity index (χ4n) is 3.99. The van der Waals surface area contributed by atoms with E-state index in [0.717, 1.165) is 17.5 Å². The van der Waals surface area contributed by atoms with E-state index >= 15 is 0 Å². The minimum Gasteiger partial charge on any atom is -0.296 e. The first-order valence-corrected chi connectivity index (χ1v) is 8.94. The number of aryl methyl sites for hydroxylation is 1. The summed E-state index contributed by atoms with van der Waals surface area (Å²) in [4.78, 5) is 2.66. The summed E-state index contributed by atoms with van der Waals surface area (Å²) >= 11 is 0. The van der Waals surface area contributed by atoms with Gasteiger partial charge < -0.3 is 0 Å². The second kappa shape index (κ2) is 6.79. The fourth-order valence-corrected chi connectivity index (χ4v) is 3.99. The molecule has 1 atom stereocenters. The number of fused-ring (bicyclic) bond motifs is 1. The van der Waals surface area contributed by atoms with E-state index in [0.29, 0.717) is 6.04 Å². The third-order valence-corrected chi connectivity index (χ3v) is 5.20. The van der Waals surface area contributed by atoms with Gasteiger partial charge in [-0.25, -0.2) is 4.39 Å². The predicted octanol–water partition coefficient (Wildman–Crippen LogP) is 4.70. The number of benzene rings is 2. The smallest absolute Gasteiger partial charge is 0.124 e. The molecule has 4 rings (SSSR count). The lowest BCUT2D eigenvalue weighted by molar-refractivity contribution is 0.163. The standard InChI is InChI=1S/C22H22FN/c23-20-6-4-5-17(16-20)7-8-18-9-11-21-19(15-18)10-12-22(21)24-13-2-1-3-14-24/h4-6,9,11,15-16,22H,1-3,10,12-14H2. The summed E-state index contributed by atoms with van der Waals surface area (Å²) in [5.74, 6) is 6.01. The van der Waals surface area contributed by atoms with Gasteiger partial charge in [0.1, 0.15) is 5.82 Å². The summed E-state index contributed by atoms with van der Waals surface area (Å²) in [5, 5.41) is 0. The zero-order chi connectivity index (χ0) is 16.4. The molecule has 24 heavy (non-hydrogen) atoms. The maximum Gasteiger partial charge on any atom is 0.124 e. The van der Waals surface area contributed by atoms with E-state index in [1.807, 2.05) is 6.07 Å². The largest absolute Gasteiger partial charge is 0.296 e. The normalized spacial score (nSPS) is 20.3. The van der Waals surface area contributed by atoms with Gasteiger partial charge in [0.05, 0.1) is 0 Å². The lowest BCUT2D eigenvalue weighted by Crippen LogP contribution is -2.32. The Morgan fingerprint density at radius 2 is 1.71 bits per heavy atom. The van der Waals surface area contributed by atoms with Crippen LogP contribution in [0.2, 0.25) is 0 Å². The van der Waals surface area contributed by atoms with Crippen LogP contribution < -0.4 is 0 Å². The van der Waals surface area contributed by atoms with Crippen molar-refractivity contribution in [3.63, 3.8) is 0 Å². The van der Waals surface area contributed by atoms with Gasteiger partial charge >= 0.3 is 0 Å². The van der Waals surface area contributed by atoms with Crippen LogP contribution in [-0.2, 0) is 6.42 Å². The molecule has 0 N–H and O–H groups in total. The fraction of sp³-hybridized carbons (Fsp3) is 0.364. The second-order valence-corrected chi connectivity index (χ2v) is 6.83. The highest BCUT2D eigenvalue weighted by atomic mass is 19.1. The van der Waals surface area contributed by atoms with Gasteiger partial charge in [0, 0.05) is 17.2 Å². The molecule has 1 fully saturated rings. The van der Waals surface area contributed by atoms with Gasteiger partial charge in [0.15, 0.2) is 0 Å². The molecule has 1 nitrogen and oxygen atoms in total. The molecule has 122 valence electrons. The van der Waals surface area contributed by atoms with Gasteiger partial charge in [-0.05, 0) is 80.2 Å². The average molecular weight is 319 g/mol. The zero-order valence-electron chi connectivity index (χ0n) is 13.9. The molecule has 0 bridgehead atoms. The highest BCUT2D eigenvalue weighted by Gasteiger charge is 2.28. The van der Waals surface area contributed by atoms with Crippen molar-refractivity contribution in [1.82, 2.24) is 4.90 Å². The van der Waals surface area contributed by atoms with Gasteiger partial charge in [-0.15, -0.1) is 0 Å². The molecule has 0 radical (unpaired) electrons. The van der Waals surface area contributed by atoms with Gasteiger partial charge in [0.25, 0.3) is 0 Å². The van der Waals surface area contributed by atoms with Crippen molar-refractivity contribution in [3.8, 4) is 11.8 Å². The van der Waals surface area contributed by atoms with E-state index in [9.17, 15) is 4.39 Å². The number of piperidine rings is 1. The molecule has 2 aromatic rings. The third-order valence-electron chi connectivity index (χ3n) is 5.20. The Morgan fingerprint density at radius 3 is 2.50 bits per heavy atom. The van der Waals surface area contributed by atoms with Crippen molar-refractivity contribution in [2.75, 3.05) is 13.1 Å². The maximum atomic E-state index is 13.2. The first-order chi connectivity index (χ1) is 11.8. The number of likely N-dealkylation sites (tertiary alicyclic amines) is 1. The van der Waals surface area contributed by atoms with Crippen molar-refractivity contribution < 1.29 is 4.39 Å². The van der Waals surface area contributed by atoms with Crippen molar-refractivity contribution in [1.29, 1.82) is 0 Å². The Hall–Kier alpha value is -2.11. The highest BCUT2D eigenvalue weighted by molar-refractivity contribution is 5.47. The third kappa shape index (κ3) is 3.23. The predicted molar refractivity (Wildman–Crippen MR) is 95.3 cm³/mol. The van der Waals surface area contributed by atoms with Crippen LogP contribution in [0.4, 0.5) is 4.39 Å². The van der Waals surface area contributed by atoms with Crippen LogP contribution in [0, 0.1) is 17.7 Å². The summed E-state index contributed by atoms with van der Waals surface area (Å²) in [7, 11) is 0. The number of nitrogens with zero attached hydrogens (tertiary/aromatic N) is 1. The van der Waals surface area contributed by atoms with Crippen molar-refractivity contribution >= 4 is 0 Å². The molecule has 0 saturated carbocycles. The van der Waals surface area contributed by atoms with Crippen LogP contribution >= 0.6 is 0 Å². The summed E-state index contributed by atoms with van der Waals surface area (Å²) in [6, 6.07) is 13.7. The Morgan fingerprint density at radius 1 is 0.917 bits per heavy atom. The van der Waals surface area contributed by atoms with Crippen LogP contribution in [0.15, 0.2) is 42.5 Å². The van der Waals surface area contributed by atoms with E-state index < -0.39 is 0 Å². The van der Waals surface area contributed by atoms with Crippen molar-refractivity contribution in [2.24, 2.45) is 0 Å². The number of hydrogen-bond acceptors (Lipinski definition) is 1. The Bertz CT molecular complexity index is 793. The summed E-state index contributed by atoms with van der Waals surface area (Å²) in [6.07, 6.45) is 6.43. The molecule has 1 heterocycles.